The molecule has 0 N–H and O–H groups in total. The van der Waals surface area contributed by atoms with Crippen LogP contribution in [0.15, 0.2) is 0 Å². The van der Waals surface area contributed by atoms with Crippen LogP contribution in [-0.4, -0.2) is 29.3 Å². The normalized spacial score (nSPS) is 24.5. The van der Waals surface area contributed by atoms with E-state index in [0.717, 1.165) is 0 Å². The van der Waals surface area contributed by atoms with Gasteiger partial charge in [0.05, 0.1) is 6.04 Å². The van der Waals surface area contributed by atoms with Gasteiger partial charge in [0.15, 0.2) is 0 Å². The summed E-state index contributed by atoms with van der Waals surface area (Å²) in [4.78, 5) is 11.0. The number of hydrogen-bond donors (Lipinski definition) is 0. The van der Waals surface area contributed by atoms with Crippen LogP contribution in [0.3, 0.4) is 0 Å². The van der Waals surface area contributed by atoms with Crippen LogP contribution >= 0.6 is 11.9 Å². The maximum absolute atomic E-state index is 11.0. The van der Waals surface area contributed by atoms with Gasteiger partial charge in [-0.1, -0.05) is 13.8 Å². The standard InChI is InChI=1S/C7H13NO2S/c1-5(2)6-4-10-7(9)8(6)11-3/h5-6H,4H2,1-3H3/t6-/m1/s1. The molecule has 1 rings (SSSR count). The number of carbonyl (C=O) groups excluding carboxylic acids is 1. The monoisotopic (exact) mass is 175 g/mol. The van der Waals surface area contributed by atoms with Gasteiger partial charge in [-0.25, -0.2) is 9.10 Å². The Morgan fingerprint density at radius 2 is 2.36 bits per heavy atom. The van der Waals surface area contributed by atoms with E-state index in [4.69, 9.17) is 4.74 Å². The van der Waals surface area contributed by atoms with Gasteiger partial charge in [0.2, 0.25) is 0 Å². The molecule has 0 aromatic heterocycles. The third-order valence-electron chi connectivity index (χ3n) is 1.82. The summed E-state index contributed by atoms with van der Waals surface area (Å²) in [6, 6.07) is 0.248. The molecule has 0 aliphatic carbocycles. The molecule has 0 spiro atoms. The van der Waals surface area contributed by atoms with Crippen molar-refractivity contribution in [2.45, 2.75) is 19.9 Å². The van der Waals surface area contributed by atoms with Crippen molar-refractivity contribution in [2.24, 2.45) is 5.92 Å². The van der Waals surface area contributed by atoms with Gasteiger partial charge in [-0.15, -0.1) is 0 Å². The van der Waals surface area contributed by atoms with Crippen molar-refractivity contribution in [3.8, 4) is 0 Å². The first kappa shape index (κ1) is 8.71. The molecule has 0 bridgehead atoms. The summed E-state index contributed by atoms with van der Waals surface area (Å²) in [6.07, 6.45) is 1.69. The molecule has 1 aliphatic heterocycles. The summed E-state index contributed by atoms with van der Waals surface area (Å²) < 4.78 is 6.60. The van der Waals surface area contributed by atoms with Crippen LogP contribution in [0, 0.1) is 5.92 Å². The van der Waals surface area contributed by atoms with E-state index in [2.05, 4.69) is 13.8 Å². The van der Waals surface area contributed by atoms with Gasteiger partial charge in [0, 0.05) is 6.26 Å². The van der Waals surface area contributed by atoms with Gasteiger partial charge in [0.1, 0.15) is 6.61 Å². The maximum Gasteiger partial charge on any atom is 0.420 e. The Bertz CT molecular complexity index is 161. The second-order valence-electron chi connectivity index (χ2n) is 2.90. The highest BCUT2D eigenvalue weighted by atomic mass is 32.2. The Hall–Kier alpha value is -0.380. The lowest BCUT2D eigenvalue weighted by Gasteiger charge is -2.20. The molecule has 1 saturated heterocycles. The molecule has 0 aromatic rings. The number of hydrogen-bond acceptors (Lipinski definition) is 3. The van der Waals surface area contributed by atoms with Gasteiger partial charge >= 0.3 is 6.09 Å². The number of cyclic esters (lactones) is 1. The van der Waals surface area contributed by atoms with Gasteiger partial charge in [0.25, 0.3) is 0 Å². The van der Waals surface area contributed by atoms with E-state index in [1.807, 2.05) is 6.26 Å². The minimum absolute atomic E-state index is 0.198. The van der Waals surface area contributed by atoms with Crippen molar-refractivity contribution in [3.05, 3.63) is 0 Å². The predicted molar refractivity (Wildman–Crippen MR) is 45.3 cm³/mol. The van der Waals surface area contributed by atoms with E-state index in [9.17, 15) is 4.79 Å². The molecule has 1 amide bonds. The van der Waals surface area contributed by atoms with Crippen molar-refractivity contribution in [1.29, 1.82) is 0 Å². The highest BCUT2D eigenvalue weighted by molar-refractivity contribution is 7.96. The minimum atomic E-state index is -0.198. The van der Waals surface area contributed by atoms with Crippen LogP contribution in [0.5, 0.6) is 0 Å². The zero-order valence-corrected chi connectivity index (χ0v) is 7.85. The molecule has 4 heteroatoms. The number of ether oxygens (including phenoxy) is 1. The zero-order chi connectivity index (χ0) is 8.43. The van der Waals surface area contributed by atoms with Crippen LogP contribution in [-0.2, 0) is 4.74 Å². The van der Waals surface area contributed by atoms with Gasteiger partial charge < -0.3 is 4.74 Å². The van der Waals surface area contributed by atoms with Crippen LogP contribution in [0.1, 0.15) is 13.8 Å². The first-order valence-corrected chi connectivity index (χ1v) is 4.85. The fourth-order valence-electron chi connectivity index (χ4n) is 1.10. The lowest BCUT2D eigenvalue weighted by molar-refractivity contribution is 0.170. The Morgan fingerprint density at radius 3 is 2.73 bits per heavy atom. The van der Waals surface area contributed by atoms with E-state index >= 15 is 0 Å². The van der Waals surface area contributed by atoms with Crippen LogP contribution < -0.4 is 0 Å². The summed E-state index contributed by atoms with van der Waals surface area (Å²) in [6.45, 7) is 4.73. The van der Waals surface area contributed by atoms with E-state index in [1.54, 1.807) is 4.31 Å². The molecule has 0 saturated carbocycles. The fourth-order valence-corrected chi connectivity index (χ4v) is 1.87. The average Bonchev–Trinajstić information content (AvgIpc) is 2.30. The molecule has 11 heavy (non-hydrogen) atoms. The number of carbonyl (C=O) groups is 1. The molecule has 3 nitrogen and oxygen atoms in total. The van der Waals surface area contributed by atoms with E-state index in [0.29, 0.717) is 12.5 Å². The fraction of sp³-hybridized carbons (Fsp3) is 0.857. The first-order valence-electron chi connectivity index (χ1n) is 3.67. The first-order chi connectivity index (χ1) is 5.16. The Balaban J connectivity index is 2.61. The Morgan fingerprint density at radius 1 is 1.73 bits per heavy atom. The number of amides is 1. The topological polar surface area (TPSA) is 29.5 Å². The molecule has 0 unspecified atom stereocenters. The Kier molecular flexibility index (Phi) is 2.65. The molecule has 64 valence electrons. The van der Waals surface area contributed by atoms with E-state index < -0.39 is 0 Å². The summed E-state index contributed by atoms with van der Waals surface area (Å²) in [7, 11) is 0. The van der Waals surface area contributed by atoms with E-state index in [1.165, 1.54) is 11.9 Å². The maximum atomic E-state index is 11.0. The molecule has 1 heterocycles. The van der Waals surface area contributed by atoms with Gasteiger partial charge in [-0.2, -0.15) is 0 Å². The van der Waals surface area contributed by atoms with Crippen LogP contribution in [0.4, 0.5) is 4.79 Å². The van der Waals surface area contributed by atoms with Crippen LogP contribution in [0.25, 0.3) is 0 Å². The molecule has 0 radical (unpaired) electrons. The lowest BCUT2D eigenvalue weighted by atomic mass is 10.1. The molecule has 1 aliphatic rings. The van der Waals surface area contributed by atoms with Crippen molar-refractivity contribution < 1.29 is 9.53 Å². The second kappa shape index (κ2) is 3.34. The summed E-state index contributed by atoms with van der Waals surface area (Å²) in [5, 5.41) is 0. The smallest absolute Gasteiger partial charge is 0.420 e. The zero-order valence-electron chi connectivity index (χ0n) is 7.03. The highest BCUT2D eigenvalue weighted by Gasteiger charge is 2.34. The summed E-state index contributed by atoms with van der Waals surface area (Å²) >= 11 is 1.44. The quantitative estimate of drug-likeness (QED) is 0.599. The van der Waals surface area contributed by atoms with Crippen LogP contribution in [0.2, 0.25) is 0 Å². The third kappa shape index (κ3) is 1.61. The predicted octanol–water partition coefficient (Wildman–Crippen LogP) is 1.74. The van der Waals surface area contributed by atoms with Gasteiger partial charge in [-0.05, 0) is 17.9 Å². The van der Waals surface area contributed by atoms with Crippen molar-refractivity contribution >= 4 is 18.0 Å². The Labute approximate surface area is 71.2 Å². The molecule has 0 aromatic carbocycles. The summed E-state index contributed by atoms with van der Waals surface area (Å²) in [5.41, 5.74) is 0. The van der Waals surface area contributed by atoms with Gasteiger partial charge in [-0.3, -0.25) is 0 Å². The number of nitrogens with zero attached hydrogens (tertiary/aromatic N) is 1. The van der Waals surface area contributed by atoms with Crippen molar-refractivity contribution in [2.75, 3.05) is 12.9 Å². The third-order valence-corrected chi connectivity index (χ3v) is 2.64. The SMILES string of the molecule is CSN1C(=O)OC[C@@H]1C(C)C. The number of rotatable bonds is 2. The van der Waals surface area contributed by atoms with Crippen molar-refractivity contribution in [1.82, 2.24) is 4.31 Å². The highest BCUT2D eigenvalue weighted by Crippen LogP contribution is 2.24. The molecular weight excluding hydrogens is 162 g/mol. The molecular formula is C7H13NO2S. The van der Waals surface area contributed by atoms with Crippen molar-refractivity contribution in [3.63, 3.8) is 0 Å². The second-order valence-corrected chi connectivity index (χ2v) is 3.66. The van der Waals surface area contributed by atoms with E-state index in [-0.39, 0.29) is 12.1 Å². The molecule has 1 atom stereocenters. The average molecular weight is 175 g/mol. The minimum Gasteiger partial charge on any atom is -0.447 e. The lowest BCUT2D eigenvalue weighted by Crippen LogP contribution is -2.31. The summed E-state index contributed by atoms with van der Waals surface area (Å²) in [5.74, 6) is 0.467. The largest absolute Gasteiger partial charge is 0.447 e. The molecule has 1 fully saturated rings.